The van der Waals surface area contributed by atoms with E-state index in [-0.39, 0.29) is 23.5 Å². The third-order valence-corrected chi connectivity index (χ3v) is 4.50. The summed E-state index contributed by atoms with van der Waals surface area (Å²) in [5.74, 6) is 0.244. The molecule has 1 saturated heterocycles. The van der Waals surface area contributed by atoms with Crippen LogP contribution in [-0.4, -0.2) is 37.7 Å². The van der Waals surface area contributed by atoms with Crippen LogP contribution in [0.2, 0.25) is 0 Å². The van der Waals surface area contributed by atoms with Gasteiger partial charge in [0.2, 0.25) is 11.9 Å². The van der Waals surface area contributed by atoms with Crippen LogP contribution < -0.4 is 15.8 Å². The number of anilines is 2. The smallest absolute Gasteiger partial charge is 0.263 e. The number of carbonyl (C=O) groups is 1. The molecule has 1 aliphatic heterocycles. The number of aromatic nitrogens is 4. The highest BCUT2D eigenvalue weighted by Gasteiger charge is 2.38. The molecule has 2 aromatic heterocycles. The van der Waals surface area contributed by atoms with Crippen LogP contribution >= 0.6 is 0 Å². The fourth-order valence-electron chi connectivity index (χ4n) is 3.29. The SMILES string of the molecule is CC1CC(Nc2nc3c(cnn3C)c(=O)[nH]2)C(=O)N1c1ccccc1. The number of aromatic amines is 1. The minimum absolute atomic E-state index is 0.0357. The molecule has 1 aliphatic rings. The third kappa shape index (κ3) is 2.55. The molecule has 0 saturated carbocycles. The van der Waals surface area contributed by atoms with Crippen LogP contribution in [-0.2, 0) is 11.8 Å². The fourth-order valence-corrected chi connectivity index (χ4v) is 3.29. The van der Waals surface area contributed by atoms with E-state index >= 15 is 0 Å². The van der Waals surface area contributed by atoms with Crippen molar-refractivity contribution in [3.8, 4) is 0 Å². The summed E-state index contributed by atoms with van der Waals surface area (Å²) >= 11 is 0. The second-order valence-electron chi connectivity index (χ2n) is 6.25. The van der Waals surface area contributed by atoms with Gasteiger partial charge in [-0.15, -0.1) is 0 Å². The summed E-state index contributed by atoms with van der Waals surface area (Å²) in [5, 5.41) is 7.53. The Morgan fingerprint density at radius 3 is 2.76 bits per heavy atom. The summed E-state index contributed by atoms with van der Waals surface area (Å²) in [6.45, 7) is 2.01. The average molecular weight is 338 g/mol. The topological polar surface area (TPSA) is 95.9 Å². The van der Waals surface area contributed by atoms with Crippen molar-refractivity contribution in [1.29, 1.82) is 0 Å². The van der Waals surface area contributed by atoms with Gasteiger partial charge in [0.25, 0.3) is 5.56 Å². The van der Waals surface area contributed by atoms with Crippen molar-refractivity contribution < 1.29 is 4.79 Å². The van der Waals surface area contributed by atoms with Gasteiger partial charge in [-0.3, -0.25) is 19.3 Å². The molecule has 4 rings (SSSR count). The fraction of sp³-hybridized carbons (Fsp3) is 0.294. The Morgan fingerprint density at radius 2 is 2.00 bits per heavy atom. The van der Waals surface area contributed by atoms with Gasteiger partial charge in [-0.05, 0) is 25.5 Å². The predicted molar refractivity (Wildman–Crippen MR) is 94.5 cm³/mol. The van der Waals surface area contributed by atoms with Gasteiger partial charge in [-0.25, -0.2) is 0 Å². The van der Waals surface area contributed by atoms with E-state index in [2.05, 4.69) is 20.4 Å². The van der Waals surface area contributed by atoms with E-state index in [0.29, 0.717) is 17.5 Å². The molecule has 0 bridgehead atoms. The molecule has 128 valence electrons. The number of nitrogens with zero attached hydrogens (tertiary/aromatic N) is 4. The molecular weight excluding hydrogens is 320 g/mol. The summed E-state index contributed by atoms with van der Waals surface area (Å²) < 4.78 is 1.53. The summed E-state index contributed by atoms with van der Waals surface area (Å²) in [6.07, 6.45) is 2.10. The normalized spacial score (nSPS) is 20.4. The number of para-hydroxylation sites is 1. The van der Waals surface area contributed by atoms with Crippen LogP contribution in [0.3, 0.4) is 0 Å². The number of amides is 1. The molecule has 1 amide bonds. The van der Waals surface area contributed by atoms with Crippen LogP contribution in [0, 0.1) is 0 Å². The number of rotatable bonds is 3. The molecule has 3 aromatic rings. The van der Waals surface area contributed by atoms with Gasteiger partial charge in [0.15, 0.2) is 5.65 Å². The average Bonchev–Trinajstić information content (AvgIpc) is 3.09. The molecule has 0 radical (unpaired) electrons. The number of hydrogen-bond acceptors (Lipinski definition) is 5. The van der Waals surface area contributed by atoms with Crippen molar-refractivity contribution in [2.24, 2.45) is 7.05 Å². The van der Waals surface area contributed by atoms with Crippen molar-refractivity contribution in [2.45, 2.75) is 25.4 Å². The Labute approximate surface area is 143 Å². The van der Waals surface area contributed by atoms with Crippen molar-refractivity contribution in [2.75, 3.05) is 10.2 Å². The van der Waals surface area contributed by atoms with E-state index in [9.17, 15) is 9.59 Å². The number of H-pyrrole nitrogens is 1. The van der Waals surface area contributed by atoms with E-state index in [0.717, 1.165) is 5.69 Å². The molecule has 25 heavy (non-hydrogen) atoms. The standard InChI is InChI=1S/C17H18N6O2/c1-10-8-13(16(25)23(10)11-6-4-3-5-7-11)19-17-20-14-12(15(24)21-17)9-18-22(14)2/h3-7,9-10,13H,8H2,1-2H3,(H2,19,20,21,24). The van der Waals surface area contributed by atoms with Crippen LogP contribution in [0.25, 0.3) is 11.0 Å². The predicted octanol–water partition coefficient (Wildman–Crippen LogP) is 1.26. The maximum Gasteiger partial charge on any atom is 0.263 e. The molecule has 1 fully saturated rings. The summed E-state index contributed by atoms with van der Waals surface area (Å²) in [4.78, 5) is 33.8. The van der Waals surface area contributed by atoms with E-state index in [1.807, 2.05) is 37.3 Å². The first kappa shape index (κ1) is 15.4. The summed E-state index contributed by atoms with van der Waals surface area (Å²) in [7, 11) is 1.72. The van der Waals surface area contributed by atoms with Crippen LogP contribution in [0.15, 0.2) is 41.3 Å². The zero-order valence-corrected chi connectivity index (χ0v) is 13.9. The van der Waals surface area contributed by atoms with E-state index in [1.54, 1.807) is 11.9 Å². The van der Waals surface area contributed by atoms with Gasteiger partial charge in [-0.2, -0.15) is 10.1 Å². The van der Waals surface area contributed by atoms with E-state index < -0.39 is 6.04 Å². The van der Waals surface area contributed by atoms with Gasteiger partial charge in [0, 0.05) is 18.8 Å². The van der Waals surface area contributed by atoms with Crippen LogP contribution in [0.5, 0.6) is 0 Å². The Morgan fingerprint density at radius 1 is 1.24 bits per heavy atom. The summed E-state index contributed by atoms with van der Waals surface area (Å²) in [6, 6.07) is 9.18. The molecule has 3 heterocycles. The maximum atomic E-state index is 12.8. The molecular formula is C17H18N6O2. The van der Waals surface area contributed by atoms with Crippen molar-refractivity contribution in [3.05, 3.63) is 46.9 Å². The molecule has 0 spiro atoms. The number of fused-ring (bicyclic) bond motifs is 1. The molecule has 8 heteroatoms. The maximum absolute atomic E-state index is 12.8. The lowest BCUT2D eigenvalue weighted by molar-refractivity contribution is -0.117. The number of nitrogens with one attached hydrogen (secondary N) is 2. The van der Waals surface area contributed by atoms with Crippen molar-refractivity contribution in [3.63, 3.8) is 0 Å². The molecule has 1 aromatic carbocycles. The number of hydrogen-bond donors (Lipinski definition) is 2. The Balaban J connectivity index is 1.62. The monoisotopic (exact) mass is 338 g/mol. The summed E-state index contributed by atoms with van der Waals surface area (Å²) in [5.41, 5.74) is 1.07. The Bertz CT molecular complexity index is 993. The van der Waals surface area contributed by atoms with Crippen LogP contribution in [0.4, 0.5) is 11.6 Å². The zero-order valence-electron chi connectivity index (χ0n) is 13.9. The molecule has 2 unspecified atom stereocenters. The molecule has 2 atom stereocenters. The molecule has 8 nitrogen and oxygen atoms in total. The van der Waals surface area contributed by atoms with Gasteiger partial charge in [0.05, 0.1) is 6.20 Å². The molecule has 2 N–H and O–H groups in total. The Kier molecular flexibility index (Phi) is 3.52. The van der Waals surface area contributed by atoms with E-state index in [4.69, 9.17) is 0 Å². The van der Waals surface area contributed by atoms with E-state index in [1.165, 1.54) is 10.9 Å². The Hall–Kier alpha value is -3.16. The van der Waals surface area contributed by atoms with Gasteiger partial charge >= 0.3 is 0 Å². The minimum Gasteiger partial charge on any atom is -0.344 e. The largest absolute Gasteiger partial charge is 0.344 e. The molecule has 0 aliphatic carbocycles. The first-order valence-corrected chi connectivity index (χ1v) is 8.11. The highest BCUT2D eigenvalue weighted by molar-refractivity contribution is 6.01. The lowest BCUT2D eigenvalue weighted by Gasteiger charge is -2.21. The second-order valence-corrected chi connectivity index (χ2v) is 6.25. The number of aryl methyl sites for hydroxylation is 1. The zero-order chi connectivity index (χ0) is 17.6. The number of carbonyl (C=O) groups excluding carboxylic acids is 1. The quantitative estimate of drug-likeness (QED) is 0.749. The highest BCUT2D eigenvalue weighted by Crippen LogP contribution is 2.27. The minimum atomic E-state index is -0.441. The van der Waals surface area contributed by atoms with Crippen molar-refractivity contribution >= 4 is 28.6 Å². The number of benzene rings is 1. The van der Waals surface area contributed by atoms with Crippen LogP contribution in [0.1, 0.15) is 13.3 Å². The first-order chi connectivity index (χ1) is 12.0. The lowest BCUT2D eigenvalue weighted by atomic mass is 10.2. The van der Waals surface area contributed by atoms with Gasteiger partial charge in [0.1, 0.15) is 11.4 Å². The first-order valence-electron chi connectivity index (χ1n) is 8.11. The second kappa shape index (κ2) is 5.73. The van der Waals surface area contributed by atoms with Gasteiger partial charge in [-0.1, -0.05) is 18.2 Å². The van der Waals surface area contributed by atoms with Gasteiger partial charge < -0.3 is 10.2 Å². The third-order valence-electron chi connectivity index (χ3n) is 4.50. The lowest BCUT2D eigenvalue weighted by Crippen LogP contribution is -2.36. The highest BCUT2D eigenvalue weighted by atomic mass is 16.2. The van der Waals surface area contributed by atoms with Crippen molar-refractivity contribution in [1.82, 2.24) is 19.7 Å².